The smallest absolute Gasteiger partial charge is 0.244 e. The molecule has 1 heterocycles. The highest BCUT2D eigenvalue weighted by Gasteiger charge is 2.22. The molecule has 2 aromatic carbocycles. The van der Waals surface area contributed by atoms with Crippen LogP contribution in [0, 0.1) is 0 Å². The topological polar surface area (TPSA) is 74.9 Å². The second kappa shape index (κ2) is 8.79. The average molecular weight is 505 g/mol. The second-order valence-electron chi connectivity index (χ2n) is 6.02. The summed E-state index contributed by atoms with van der Waals surface area (Å²) in [7, 11) is 1.15. The van der Waals surface area contributed by atoms with Crippen molar-refractivity contribution in [1.29, 1.82) is 0 Å². The molecule has 0 radical (unpaired) electrons. The molecule has 6 nitrogen and oxygen atoms in total. The van der Waals surface area contributed by atoms with Gasteiger partial charge in [-0.2, -0.15) is 0 Å². The Morgan fingerprint density at radius 1 is 1.14 bits per heavy atom. The fraction of sp³-hybridized carbons (Fsp3) is 0.167. The minimum atomic E-state index is -3.65. The van der Waals surface area contributed by atoms with E-state index in [1.807, 2.05) is 17.0 Å². The van der Waals surface area contributed by atoms with E-state index >= 15 is 0 Å². The maximum atomic E-state index is 12.5. The number of hydrogen-bond donors (Lipinski definition) is 1. The Bertz CT molecular complexity index is 1150. The Balaban J connectivity index is 0.00000280. The number of phenolic OH excluding ortho intramolecular Hbond substituents is 1. The van der Waals surface area contributed by atoms with Crippen molar-refractivity contribution in [3.63, 3.8) is 0 Å². The molecule has 1 N–H and O–H groups in total. The maximum absolute atomic E-state index is 12.5. The third-order valence-corrected chi connectivity index (χ3v) is 7.20. The molecule has 10 heteroatoms. The quantitative estimate of drug-likeness (QED) is 0.579. The lowest BCUT2D eigenvalue weighted by atomic mass is 10.2. The Morgan fingerprint density at radius 2 is 1.79 bits per heavy atom. The Hall–Kier alpha value is -1.65. The van der Waals surface area contributed by atoms with Crippen LogP contribution in [-0.2, 0) is 17.1 Å². The van der Waals surface area contributed by atoms with Gasteiger partial charge in [0.1, 0.15) is 10.6 Å². The number of sulfonamides is 1. The minimum Gasteiger partial charge on any atom is -0.508 e. The molecule has 0 bridgehead atoms. The zero-order chi connectivity index (χ0) is 19.8. The summed E-state index contributed by atoms with van der Waals surface area (Å²) in [6.07, 6.45) is 0. The summed E-state index contributed by atoms with van der Waals surface area (Å²) in [5.74, 6) is 0.181. The zero-order valence-corrected chi connectivity index (χ0v) is 19.4. The summed E-state index contributed by atoms with van der Waals surface area (Å²) in [6, 6.07) is 11.5. The van der Waals surface area contributed by atoms with Crippen LogP contribution < -0.4 is 4.80 Å². The van der Waals surface area contributed by atoms with E-state index in [1.54, 1.807) is 42.5 Å². The number of thiazole rings is 1. The molecule has 28 heavy (non-hydrogen) atoms. The number of nitrogens with zero attached hydrogens (tertiary/aromatic N) is 3. The first-order valence-electron chi connectivity index (χ1n) is 7.91. The van der Waals surface area contributed by atoms with Crippen molar-refractivity contribution in [2.75, 3.05) is 14.1 Å². The molecular weight excluding hydrogens is 486 g/mol. The monoisotopic (exact) mass is 503 g/mol. The van der Waals surface area contributed by atoms with E-state index in [9.17, 15) is 13.5 Å². The van der Waals surface area contributed by atoms with Crippen LogP contribution in [0.15, 0.2) is 57.7 Å². The van der Waals surface area contributed by atoms with Crippen LogP contribution in [0.5, 0.6) is 5.75 Å². The zero-order valence-electron chi connectivity index (χ0n) is 15.3. The van der Waals surface area contributed by atoms with E-state index in [2.05, 4.69) is 4.99 Å². The minimum absolute atomic E-state index is 0. The molecule has 0 unspecified atom stereocenters. The average Bonchev–Trinajstić information content (AvgIpc) is 2.98. The predicted molar refractivity (Wildman–Crippen MR) is 118 cm³/mol. The molecule has 1 aromatic heterocycles. The van der Waals surface area contributed by atoms with E-state index in [0.29, 0.717) is 5.69 Å². The molecule has 0 spiro atoms. The van der Waals surface area contributed by atoms with Crippen molar-refractivity contribution >= 4 is 55.6 Å². The molecule has 0 aliphatic heterocycles. The van der Waals surface area contributed by atoms with Gasteiger partial charge in [-0.1, -0.05) is 17.7 Å². The van der Waals surface area contributed by atoms with Gasteiger partial charge < -0.3 is 9.67 Å². The molecule has 0 amide bonds. The number of benzene rings is 2. The van der Waals surface area contributed by atoms with E-state index in [0.717, 1.165) is 20.4 Å². The van der Waals surface area contributed by atoms with Gasteiger partial charge >= 0.3 is 0 Å². The van der Waals surface area contributed by atoms with Crippen molar-refractivity contribution in [2.24, 2.45) is 12.0 Å². The highest BCUT2D eigenvalue weighted by molar-refractivity contribution is 8.93. The largest absolute Gasteiger partial charge is 0.508 e. The van der Waals surface area contributed by atoms with Gasteiger partial charge in [0, 0.05) is 32.1 Å². The SMILES string of the molecule is Br.CN(C)S(=O)(=O)c1cc(-c2csc(=Nc3ccc(O)cc3)n2C)ccc1Cl. The van der Waals surface area contributed by atoms with Gasteiger partial charge in [-0.05, 0) is 36.4 Å². The Kier molecular flexibility index (Phi) is 7.11. The van der Waals surface area contributed by atoms with Crippen LogP contribution in [0.2, 0.25) is 5.02 Å². The molecule has 0 saturated heterocycles. The summed E-state index contributed by atoms with van der Waals surface area (Å²) in [5.41, 5.74) is 2.26. The summed E-state index contributed by atoms with van der Waals surface area (Å²) >= 11 is 7.56. The van der Waals surface area contributed by atoms with Crippen LogP contribution in [0.25, 0.3) is 11.3 Å². The number of hydrogen-bond acceptors (Lipinski definition) is 5. The lowest BCUT2D eigenvalue weighted by molar-refractivity contribution is 0.475. The fourth-order valence-corrected chi connectivity index (χ4v) is 4.75. The van der Waals surface area contributed by atoms with Crippen LogP contribution in [0.1, 0.15) is 0 Å². The first-order chi connectivity index (χ1) is 12.7. The molecule has 0 atom stereocenters. The van der Waals surface area contributed by atoms with E-state index < -0.39 is 10.0 Å². The van der Waals surface area contributed by atoms with Crippen molar-refractivity contribution in [1.82, 2.24) is 8.87 Å². The molecule has 0 aliphatic carbocycles. The Morgan fingerprint density at radius 3 is 2.39 bits per heavy atom. The lowest BCUT2D eigenvalue weighted by Crippen LogP contribution is -2.22. The molecule has 3 aromatic rings. The van der Waals surface area contributed by atoms with Crippen molar-refractivity contribution in [3.8, 4) is 17.0 Å². The second-order valence-corrected chi connectivity index (χ2v) is 9.39. The molecule has 0 saturated carbocycles. The van der Waals surface area contributed by atoms with Crippen molar-refractivity contribution < 1.29 is 13.5 Å². The van der Waals surface area contributed by atoms with Gasteiger partial charge in [0.25, 0.3) is 0 Å². The Labute approximate surface area is 183 Å². The highest BCUT2D eigenvalue weighted by atomic mass is 79.9. The third kappa shape index (κ3) is 4.49. The van der Waals surface area contributed by atoms with Gasteiger partial charge in [0.15, 0.2) is 4.80 Å². The van der Waals surface area contributed by atoms with Gasteiger partial charge in [-0.3, -0.25) is 0 Å². The summed E-state index contributed by atoms with van der Waals surface area (Å²) in [4.78, 5) is 5.37. The van der Waals surface area contributed by atoms with Crippen molar-refractivity contribution in [3.05, 3.63) is 57.7 Å². The first-order valence-corrected chi connectivity index (χ1v) is 10.6. The number of rotatable bonds is 4. The van der Waals surface area contributed by atoms with Crippen LogP contribution >= 0.6 is 39.9 Å². The van der Waals surface area contributed by atoms with Gasteiger partial charge in [-0.15, -0.1) is 28.3 Å². The van der Waals surface area contributed by atoms with Crippen molar-refractivity contribution in [2.45, 2.75) is 4.90 Å². The standard InChI is InChI=1S/C18H18ClN3O3S2.BrH/c1-21(2)27(24,25)17-10-12(4-9-15(17)19)16-11-26-18(22(16)3)20-13-5-7-14(23)8-6-13;/h4-11,23H,1-3H3;1H. The number of aromatic nitrogens is 1. The molecule has 0 aliphatic rings. The first kappa shape index (κ1) is 22.6. The fourth-order valence-electron chi connectivity index (χ4n) is 2.43. The van der Waals surface area contributed by atoms with Gasteiger partial charge in [-0.25, -0.2) is 17.7 Å². The molecule has 150 valence electrons. The normalized spacial score (nSPS) is 12.2. The third-order valence-electron chi connectivity index (χ3n) is 3.98. The maximum Gasteiger partial charge on any atom is 0.244 e. The lowest BCUT2D eigenvalue weighted by Gasteiger charge is -2.14. The predicted octanol–water partition coefficient (Wildman–Crippen LogP) is 4.17. The summed E-state index contributed by atoms with van der Waals surface area (Å²) in [5, 5.41) is 11.5. The molecular formula is C18H19BrClN3O3S2. The molecule has 3 rings (SSSR count). The summed E-state index contributed by atoms with van der Waals surface area (Å²) in [6.45, 7) is 0. The van der Waals surface area contributed by atoms with Gasteiger partial charge in [0.2, 0.25) is 10.0 Å². The van der Waals surface area contributed by atoms with Crippen LogP contribution in [0.4, 0.5) is 5.69 Å². The van der Waals surface area contributed by atoms with E-state index in [-0.39, 0.29) is 32.6 Å². The summed E-state index contributed by atoms with van der Waals surface area (Å²) < 4.78 is 28.0. The van der Waals surface area contributed by atoms with Gasteiger partial charge in [0.05, 0.1) is 16.4 Å². The number of phenols is 1. The van der Waals surface area contributed by atoms with Crippen LogP contribution in [0.3, 0.4) is 0 Å². The van der Waals surface area contributed by atoms with E-state index in [1.165, 1.54) is 25.4 Å². The number of halogens is 2. The van der Waals surface area contributed by atoms with Crippen LogP contribution in [-0.4, -0.2) is 36.5 Å². The number of aromatic hydroxyl groups is 1. The molecule has 0 fully saturated rings. The van der Waals surface area contributed by atoms with E-state index in [4.69, 9.17) is 11.6 Å². The highest BCUT2D eigenvalue weighted by Crippen LogP contribution is 2.29.